The standard InChI is InChI=1S/C20H14F2N2O2/c21-13-5-1-3-10(18(13)22)9-11-7-8-15(25)17-16-12(20(23)26)4-2-6-14(16)24-19(11)17/h1-8,24-25H,9H2,(H2,23,26). The van der Waals surface area contributed by atoms with Gasteiger partial charge in [0.05, 0.1) is 10.9 Å². The molecular weight excluding hydrogens is 338 g/mol. The Morgan fingerprint density at radius 3 is 2.54 bits per heavy atom. The van der Waals surface area contributed by atoms with Crippen LogP contribution in [0.5, 0.6) is 5.75 Å². The van der Waals surface area contributed by atoms with Crippen molar-refractivity contribution < 1.29 is 18.7 Å². The predicted molar refractivity (Wildman–Crippen MR) is 95.2 cm³/mol. The molecule has 1 heterocycles. The molecule has 0 spiro atoms. The number of primary amides is 1. The fourth-order valence-corrected chi connectivity index (χ4v) is 3.33. The largest absolute Gasteiger partial charge is 0.507 e. The van der Waals surface area contributed by atoms with Gasteiger partial charge < -0.3 is 15.8 Å². The summed E-state index contributed by atoms with van der Waals surface area (Å²) in [5.74, 6) is -2.45. The third-order valence-corrected chi connectivity index (χ3v) is 4.52. The minimum Gasteiger partial charge on any atom is -0.507 e. The molecule has 0 aliphatic heterocycles. The van der Waals surface area contributed by atoms with Crippen molar-refractivity contribution in [3.05, 3.63) is 76.9 Å². The van der Waals surface area contributed by atoms with Crippen molar-refractivity contribution >= 4 is 27.7 Å². The fourth-order valence-electron chi connectivity index (χ4n) is 3.33. The lowest BCUT2D eigenvalue weighted by Crippen LogP contribution is -2.10. The van der Waals surface area contributed by atoms with Crippen LogP contribution in [0.25, 0.3) is 21.8 Å². The predicted octanol–water partition coefficient (Wildman–Crippen LogP) is 3.99. The van der Waals surface area contributed by atoms with Gasteiger partial charge in [-0.25, -0.2) is 8.78 Å². The number of hydrogen-bond acceptors (Lipinski definition) is 2. The molecule has 0 saturated heterocycles. The van der Waals surface area contributed by atoms with E-state index in [4.69, 9.17) is 5.73 Å². The highest BCUT2D eigenvalue weighted by atomic mass is 19.2. The Labute approximate surface area is 146 Å². The zero-order valence-electron chi connectivity index (χ0n) is 13.5. The number of rotatable bonds is 3. The summed E-state index contributed by atoms with van der Waals surface area (Å²) in [6.07, 6.45) is 0.124. The van der Waals surface area contributed by atoms with Crippen LogP contribution in [0.1, 0.15) is 21.5 Å². The van der Waals surface area contributed by atoms with Gasteiger partial charge in [0.1, 0.15) is 5.75 Å². The van der Waals surface area contributed by atoms with Crippen LogP contribution in [0.3, 0.4) is 0 Å². The Morgan fingerprint density at radius 2 is 1.77 bits per heavy atom. The number of aromatic amines is 1. The number of halogens is 2. The molecule has 1 aromatic heterocycles. The van der Waals surface area contributed by atoms with Crippen molar-refractivity contribution in [3.8, 4) is 5.75 Å². The van der Waals surface area contributed by atoms with E-state index in [2.05, 4.69) is 4.98 Å². The highest BCUT2D eigenvalue weighted by molar-refractivity contribution is 6.19. The average molecular weight is 352 g/mol. The number of aromatic nitrogens is 1. The van der Waals surface area contributed by atoms with Crippen molar-refractivity contribution in [1.29, 1.82) is 0 Å². The van der Waals surface area contributed by atoms with Crippen molar-refractivity contribution in [2.75, 3.05) is 0 Å². The number of H-pyrrole nitrogens is 1. The third kappa shape index (κ3) is 2.38. The number of nitrogens with one attached hydrogen (secondary N) is 1. The van der Waals surface area contributed by atoms with Gasteiger partial charge in [-0.2, -0.15) is 0 Å². The van der Waals surface area contributed by atoms with E-state index in [1.807, 2.05) is 0 Å². The molecule has 0 aliphatic carbocycles. The molecule has 3 aromatic carbocycles. The van der Waals surface area contributed by atoms with Gasteiger partial charge in [-0.05, 0) is 35.4 Å². The molecule has 0 aliphatic rings. The van der Waals surface area contributed by atoms with E-state index in [0.717, 1.165) is 6.07 Å². The summed E-state index contributed by atoms with van der Waals surface area (Å²) in [5, 5.41) is 11.3. The van der Waals surface area contributed by atoms with E-state index in [1.165, 1.54) is 18.2 Å². The summed E-state index contributed by atoms with van der Waals surface area (Å²) >= 11 is 0. The first-order chi connectivity index (χ1) is 12.5. The normalized spacial score (nSPS) is 11.3. The molecule has 6 heteroatoms. The molecular formula is C20H14F2N2O2. The first kappa shape index (κ1) is 16.1. The number of carbonyl (C=O) groups is 1. The quantitative estimate of drug-likeness (QED) is 0.521. The zero-order valence-corrected chi connectivity index (χ0v) is 13.5. The van der Waals surface area contributed by atoms with E-state index in [0.29, 0.717) is 27.4 Å². The number of phenolic OH excluding ortho intramolecular Hbond substituents is 1. The summed E-state index contributed by atoms with van der Waals surface area (Å²) in [7, 11) is 0. The number of nitrogens with two attached hydrogens (primary N) is 1. The molecule has 1 amide bonds. The number of benzene rings is 3. The second-order valence-electron chi connectivity index (χ2n) is 6.10. The maximum atomic E-state index is 14.0. The Bertz CT molecular complexity index is 1180. The van der Waals surface area contributed by atoms with E-state index in [-0.39, 0.29) is 23.3 Å². The van der Waals surface area contributed by atoms with Gasteiger partial charge in [-0.3, -0.25) is 4.79 Å². The topological polar surface area (TPSA) is 79.1 Å². The van der Waals surface area contributed by atoms with Crippen molar-refractivity contribution in [1.82, 2.24) is 4.98 Å². The van der Waals surface area contributed by atoms with Crippen LogP contribution in [-0.2, 0) is 6.42 Å². The first-order valence-corrected chi connectivity index (χ1v) is 7.95. The smallest absolute Gasteiger partial charge is 0.249 e. The molecule has 0 atom stereocenters. The summed E-state index contributed by atoms with van der Waals surface area (Å²) in [5.41, 5.74) is 7.77. The van der Waals surface area contributed by atoms with E-state index < -0.39 is 17.5 Å². The van der Waals surface area contributed by atoms with Crippen LogP contribution < -0.4 is 5.73 Å². The second-order valence-corrected chi connectivity index (χ2v) is 6.10. The molecule has 0 saturated carbocycles. The molecule has 130 valence electrons. The molecule has 4 rings (SSSR count). The Hall–Kier alpha value is -3.41. The Morgan fingerprint density at radius 1 is 1.00 bits per heavy atom. The van der Waals surface area contributed by atoms with Crippen LogP contribution in [0.15, 0.2) is 48.5 Å². The van der Waals surface area contributed by atoms with Crippen LogP contribution in [0, 0.1) is 11.6 Å². The molecule has 0 fully saturated rings. The van der Waals surface area contributed by atoms with Gasteiger partial charge in [0.2, 0.25) is 5.91 Å². The maximum Gasteiger partial charge on any atom is 0.249 e. The number of aromatic hydroxyl groups is 1. The average Bonchev–Trinajstić information content (AvgIpc) is 3.01. The maximum absolute atomic E-state index is 14.0. The number of hydrogen-bond donors (Lipinski definition) is 3. The van der Waals surface area contributed by atoms with Crippen LogP contribution in [0.2, 0.25) is 0 Å². The van der Waals surface area contributed by atoms with Crippen LogP contribution in [0.4, 0.5) is 8.78 Å². The highest BCUT2D eigenvalue weighted by Crippen LogP contribution is 2.37. The molecule has 0 unspecified atom stereocenters. The molecule has 26 heavy (non-hydrogen) atoms. The van der Waals surface area contributed by atoms with Gasteiger partial charge in [0.15, 0.2) is 11.6 Å². The SMILES string of the molecule is NC(=O)c1cccc2[nH]c3c(Cc4cccc(F)c4F)ccc(O)c3c12. The number of carbonyl (C=O) groups excluding carboxylic acids is 1. The third-order valence-electron chi connectivity index (χ3n) is 4.52. The molecule has 4 aromatic rings. The Kier molecular flexibility index (Phi) is 3.61. The lowest BCUT2D eigenvalue weighted by atomic mass is 9.99. The summed E-state index contributed by atoms with van der Waals surface area (Å²) in [6.45, 7) is 0. The van der Waals surface area contributed by atoms with Crippen LogP contribution >= 0.6 is 0 Å². The minimum atomic E-state index is -0.912. The summed E-state index contributed by atoms with van der Waals surface area (Å²) in [4.78, 5) is 14.9. The monoisotopic (exact) mass is 352 g/mol. The fraction of sp³-hybridized carbons (Fsp3) is 0.0500. The van der Waals surface area contributed by atoms with Gasteiger partial charge in [0, 0.05) is 22.9 Å². The van der Waals surface area contributed by atoms with Crippen molar-refractivity contribution in [3.63, 3.8) is 0 Å². The van der Waals surface area contributed by atoms with E-state index in [9.17, 15) is 18.7 Å². The van der Waals surface area contributed by atoms with Crippen LogP contribution in [-0.4, -0.2) is 16.0 Å². The minimum absolute atomic E-state index is 0.0246. The summed E-state index contributed by atoms with van der Waals surface area (Å²) in [6, 6.07) is 12.1. The van der Waals surface area contributed by atoms with E-state index in [1.54, 1.807) is 24.3 Å². The molecule has 4 nitrogen and oxygen atoms in total. The van der Waals surface area contributed by atoms with Gasteiger partial charge >= 0.3 is 0 Å². The highest BCUT2D eigenvalue weighted by Gasteiger charge is 2.18. The molecule has 0 bridgehead atoms. The van der Waals surface area contributed by atoms with Gasteiger partial charge in [0.25, 0.3) is 0 Å². The number of phenols is 1. The zero-order chi connectivity index (χ0) is 18.4. The first-order valence-electron chi connectivity index (χ1n) is 7.95. The Balaban J connectivity index is 1.99. The lowest BCUT2D eigenvalue weighted by Gasteiger charge is -2.07. The van der Waals surface area contributed by atoms with Crippen molar-refractivity contribution in [2.24, 2.45) is 5.73 Å². The second kappa shape index (κ2) is 5.84. The number of fused-ring (bicyclic) bond motifs is 3. The van der Waals surface area contributed by atoms with Crippen molar-refractivity contribution in [2.45, 2.75) is 6.42 Å². The summed E-state index contributed by atoms with van der Waals surface area (Å²) < 4.78 is 27.5. The van der Waals surface area contributed by atoms with E-state index >= 15 is 0 Å². The van der Waals surface area contributed by atoms with Gasteiger partial charge in [-0.15, -0.1) is 0 Å². The van der Waals surface area contributed by atoms with Gasteiger partial charge in [-0.1, -0.05) is 24.3 Å². The molecule has 0 radical (unpaired) electrons. The molecule has 4 N–H and O–H groups in total. The number of amides is 1. The lowest BCUT2D eigenvalue weighted by molar-refractivity contribution is 0.100.